The summed E-state index contributed by atoms with van der Waals surface area (Å²) in [5.41, 5.74) is 1.44. The first-order valence-electron chi connectivity index (χ1n) is 5.57. The Hall–Kier alpha value is -2.04. The minimum Gasteiger partial charge on any atom is -0.496 e. The van der Waals surface area contributed by atoms with E-state index in [-0.39, 0.29) is 18.9 Å². The second-order valence-corrected chi connectivity index (χ2v) is 4.07. The van der Waals surface area contributed by atoms with Gasteiger partial charge in [0.15, 0.2) is 0 Å². The van der Waals surface area contributed by atoms with Crippen molar-refractivity contribution in [3.8, 4) is 5.75 Å². The van der Waals surface area contributed by atoms with Crippen LogP contribution in [-0.4, -0.2) is 42.6 Å². The topological polar surface area (TPSA) is 66.8 Å². The van der Waals surface area contributed by atoms with Crippen LogP contribution in [-0.2, 0) is 4.79 Å². The van der Waals surface area contributed by atoms with Gasteiger partial charge in [-0.05, 0) is 24.6 Å². The number of rotatable bonds is 5. The number of carboxylic acid groups (broad SMARTS) is 1. The molecule has 1 amide bonds. The highest BCUT2D eigenvalue weighted by atomic mass is 16.5. The van der Waals surface area contributed by atoms with Crippen LogP contribution in [0.4, 0.5) is 0 Å². The van der Waals surface area contributed by atoms with Crippen LogP contribution in [0.25, 0.3) is 0 Å². The third-order valence-corrected chi connectivity index (χ3v) is 2.60. The fraction of sp³-hybridized carbons (Fsp3) is 0.385. The summed E-state index contributed by atoms with van der Waals surface area (Å²) < 4.78 is 5.16. The van der Waals surface area contributed by atoms with Gasteiger partial charge in [0, 0.05) is 13.6 Å². The predicted molar refractivity (Wildman–Crippen MR) is 66.9 cm³/mol. The number of carboxylic acids is 1. The molecule has 1 rings (SSSR count). The third kappa shape index (κ3) is 3.48. The molecule has 0 heterocycles. The first-order valence-corrected chi connectivity index (χ1v) is 5.57. The number of amides is 1. The van der Waals surface area contributed by atoms with Gasteiger partial charge in [-0.2, -0.15) is 0 Å². The maximum Gasteiger partial charge on any atom is 0.305 e. The summed E-state index contributed by atoms with van der Waals surface area (Å²) in [7, 11) is 3.08. The number of hydrogen-bond donors (Lipinski definition) is 1. The predicted octanol–water partition coefficient (Wildman–Crippen LogP) is 1.55. The van der Waals surface area contributed by atoms with Crippen LogP contribution in [0.1, 0.15) is 22.3 Å². The van der Waals surface area contributed by atoms with E-state index in [2.05, 4.69) is 0 Å². The molecule has 0 fully saturated rings. The molecule has 0 radical (unpaired) electrons. The fourth-order valence-corrected chi connectivity index (χ4v) is 1.55. The van der Waals surface area contributed by atoms with Gasteiger partial charge in [0.1, 0.15) is 5.75 Å². The number of carbonyl (C=O) groups is 2. The molecule has 18 heavy (non-hydrogen) atoms. The molecule has 1 N–H and O–H groups in total. The first-order chi connectivity index (χ1) is 8.45. The molecule has 1 aromatic carbocycles. The largest absolute Gasteiger partial charge is 0.496 e. The van der Waals surface area contributed by atoms with Crippen molar-refractivity contribution in [3.05, 3.63) is 29.3 Å². The van der Waals surface area contributed by atoms with E-state index in [1.165, 1.54) is 12.0 Å². The van der Waals surface area contributed by atoms with Gasteiger partial charge in [0.2, 0.25) is 0 Å². The number of aliphatic carboxylic acids is 1. The van der Waals surface area contributed by atoms with Crippen molar-refractivity contribution < 1.29 is 19.4 Å². The van der Waals surface area contributed by atoms with Crippen LogP contribution in [0, 0.1) is 6.92 Å². The molecule has 0 aliphatic rings. The van der Waals surface area contributed by atoms with E-state index in [1.54, 1.807) is 19.2 Å². The van der Waals surface area contributed by atoms with Gasteiger partial charge < -0.3 is 14.7 Å². The van der Waals surface area contributed by atoms with Crippen LogP contribution in [0.15, 0.2) is 18.2 Å². The summed E-state index contributed by atoms with van der Waals surface area (Å²) in [5, 5.41) is 8.59. The van der Waals surface area contributed by atoms with Gasteiger partial charge in [-0.25, -0.2) is 0 Å². The molecule has 5 nitrogen and oxygen atoms in total. The first kappa shape index (κ1) is 14.0. The van der Waals surface area contributed by atoms with Crippen molar-refractivity contribution >= 4 is 11.9 Å². The second-order valence-electron chi connectivity index (χ2n) is 4.07. The fourth-order valence-electron chi connectivity index (χ4n) is 1.55. The number of hydrogen-bond acceptors (Lipinski definition) is 3. The van der Waals surface area contributed by atoms with Crippen LogP contribution in [0.3, 0.4) is 0 Å². The molecular formula is C13H17NO4. The Morgan fingerprint density at radius 2 is 2.06 bits per heavy atom. The number of carbonyl (C=O) groups excluding carboxylic acids is 1. The van der Waals surface area contributed by atoms with Gasteiger partial charge in [-0.3, -0.25) is 9.59 Å². The molecule has 0 bridgehead atoms. The van der Waals surface area contributed by atoms with Gasteiger partial charge in [0.05, 0.1) is 19.1 Å². The quantitative estimate of drug-likeness (QED) is 0.862. The molecule has 5 heteroatoms. The average molecular weight is 251 g/mol. The molecule has 0 aliphatic carbocycles. The molecule has 0 aromatic heterocycles. The highest BCUT2D eigenvalue weighted by Crippen LogP contribution is 2.21. The zero-order chi connectivity index (χ0) is 13.7. The summed E-state index contributed by atoms with van der Waals surface area (Å²) in [6.07, 6.45) is -0.0730. The van der Waals surface area contributed by atoms with E-state index in [0.29, 0.717) is 11.3 Å². The lowest BCUT2D eigenvalue weighted by atomic mass is 10.1. The molecule has 0 saturated carbocycles. The standard InChI is InChI=1S/C13H17NO4/c1-9-4-5-10(11(8-9)18-3)13(17)14(2)7-6-12(15)16/h4-5,8H,6-7H2,1-3H3,(H,15,16). The lowest BCUT2D eigenvalue weighted by Gasteiger charge is -2.18. The maximum absolute atomic E-state index is 12.1. The monoisotopic (exact) mass is 251 g/mol. The average Bonchev–Trinajstić information content (AvgIpc) is 2.34. The number of methoxy groups -OCH3 is 1. The Bertz CT molecular complexity index is 456. The summed E-state index contributed by atoms with van der Waals surface area (Å²) in [5.74, 6) is -0.666. The van der Waals surface area contributed by atoms with Crippen LogP contribution >= 0.6 is 0 Å². The summed E-state index contributed by atoms with van der Waals surface area (Å²) in [6, 6.07) is 5.28. The SMILES string of the molecule is COc1cc(C)ccc1C(=O)N(C)CCC(=O)O. The smallest absolute Gasteiger partial charge is 0.305 e. The van der Waals surface area contributed by atoms with E-state index in [1.807, 2.05) is 13.0 Å². The van der Waals surface area contributed by atoms with Crippen molar-refractivity contribution in [2.45, 2.75) is 13.3 Å². The zero-order valence-electron chi connectivity index (χ0n) is 10.8. The number of nitrogens with zero attached hydrogens (tertiary/aromatic N) is 1. The molecular weight excluding hydrogens is 234 g/mol. The lowest BCUT2D eigenvalue weighted by molar-refractivity contribution is -0.137. The Morgan fingerprint density at radius 3 is 2.61 bits per heavy atom. The van der Waals surface area contributed by atoms with E-state index in [9.17, 15) is 9.59 Å². The van der Waals surface area contributed by atoms with Crippen LogP contribution in [0.5, 0.6) is 5.75 Å². The highest BCUT2D eigenvalue weighted by Gasteiger charge is 2.17. The Labute approximate surface area is 106 Å². The Kier molecular flexibility index (Phi) is 4.71. The van der Waals surface area contributed by atoms with E-state index >= 15 is 0 Å². The molecule has 0 atom stereocenters. The van der Waals surface area contributed by atoms with Crippen molar-refractivity contribution in [3.63, 3.8) is 0 Å². The third-order valence-electron chi connectivity index (χ3n) is 2.60. The minimum absolute atomic E-state index is 0.0730. The summed E-state index contributed by atoms with van der Waals surface area (Å²) >= 11 is 0. The van der Waals surface area contributed by atoms with Crippen molar-refractivity contribution in [2.24, 2.45) is 0 Å². The summed E-state index contributed by atoms with van der Waals surface area (Å²) in [6.45, 7) is 2.08. The molecule has 0 aliphatic heterocycles. The highest BCUT2D eigenvalue weighted by molar-refractivity contribution is 5.97. The van der Waals surface area contributed by atoms with Crippen molar-refractivity contribution in [1.82, 2.24) is 4.90 Å². The van der Waals surface area contributed by atoms with Crippen molar-refractivity contribution in [1.29, 1.82) is 0 Å². The number of ether oxygens (including phenoxy) is 1. The van der Waals surface area contributed by atoms with Gasteiger partial charge >= 0.3 is 5.97 Å². The normalized spacial score (nSPS) is 9.94. The van der Waals surface area contributed by atoms with Gasteiger partial charge in [0.25, 0.3) is 5.91 Å². The Balaban J connectivity index is 2.86. The summed E-state index contributed by atoms with van der Waals surface area (Å²) in [4.78, 5) is 23.9. The van der Waals surface area contributed by atoms with Crippen LogP contribution < -0.4 is 4.74 Å². The molecule has 0 unspecified atom stereocenters. The molecule has 0 saturated heterocycles. The lowest BCUT2D eigenvalue weighted by Crippen LogP contribution is -2.29. The number of aryl methyl sites for hydroxylation is 1. The van der Waals surface area contributed by atoms with Gasteiger partial charge in [-0.1, -0.05) is 6.07 Å². The number of benzene rings is 1. The zero-order valence-corrected chi connectivity index (χ0v) is 10.8. The molecule has 1 aromatic rings. The van der Waals surface area contributed by atoms with Gasteiger partial charge in [-0.15, -0.1) is 0 Å². The minimum atomic E-state index is -0.925. The maximum atomic E-state index is 12.1. The van der Waals surface area contributed by atoms with E-state index < -0.39 is 5.97 Å². The molecule has 0 spiro atoms. The van der Waals surface area contributed by atoms with Crippen LogP contribution in [0.2, 0.25) is 0 Å². The molecule has 98 valence electrons. The van der Waals surface area contributed by atoms with E-state index in [4.69, 9.17) is 9.84 Å². The Morgan fingerprint density at radius 1 is 1.39 bits per heavy atom. The van der Waals surface area contributed by atoms with Crippen molar-refractivity contribution in [2.75, 3.05) is 20.7 Å². The second kappa shape index (κ2) is 6.05. The van der Waals surface area contributed by atoms with E-state index in [0.717, 1.165) is 5.56 Å².